The molecule has 0 aliphatic rings. The van der Waals surface area contributed by atoms with Gasteiger partial charge in [0.2, 0.25) is 0 Å². The molecule has 0 bridgehead atoms. The highest BCUT2D eigenvalue weighted by molar-refractivity contribution is 5.75. The third-order valence-electron chi connectivity index (χ3n) is 3.86. The van der Waals surface area contributed by atoms with Crippen LogP contribution in [0.15, 0.2) is 48.5 Å². The molecule has 0 aliphatic heterocycles. The Bertz CT molecular complexity index is 779. The van der Waals surface area contributed by atoms with Gasteiger partial charge in [-0.15, -0.1) is 0 Å². The number of hydrogen-bond donors (Lipinski definition) is 1. The van der Waals surface area contributed by atoms with E-state index in [9.17, 15) is 0 Å². The molecule has 2 aromatic carbocycles. The van der Waals surface area contributed by atoms with Crippen LogP contribution < -0.4 is 10.5 Å². The summed E-state index contributed by atoms with van der Waals surface area (Å²) in [5, 5.41) is 0. The molecule has 0 spiro atoms. The number of aryl methyl sites for hydroxylation is 2. The number of anilines is 1. The van der Waals surface area contributed by atoms with Crippen molar-refractivity contribution >= 4 is 16.7 Å². The van der Waals surface area contributed by atoms with Gasteiger partial charge in [-0.25, -0.2) is 4.98 Å². The van der Waals surface area contributed by atoms with Gasteiger partial charge in [-0.2, -0.15) is 0 Å². The highest BCUT2D eigenvalue weighted by Gasteiger charge is 2.09. The van der Waals surface area contributed by atoms with Crippen LogP contribution >= 0.6 is 0 Å². The maximum atomic E-state index is 5.78. The Morgan fingerprint density at radius 1 is 1.13 bits per heavy atom. The van der Waals surface area contributed by atoms with Crippen LogP contribution in [0.2, 0.25) is 0 Å². The van der Waals surface area contributed by atoms with E-state index in [2.05, 4.69) is 29.7 Å². The molecule has 4 heteroatoms. The molecule has 0 atom stereocenters. The molecule has 120 valence electrons. The van der Waals surface area contributed by atoms with Gasteiger partial charge in [-0.05, 0) is 37.1 Å². The number of nitrogens with zero attached hydrogens (tertiary/aromatic N) is 2. The predicted octanol–water partition coefficient (Wildman–Crippen LogP) is 4.04. The van der Waals surface area contributed by atoms with Crippen LogP contribution in [0.4, 0.5) is 5.69 Å². The van der Waals surface area contributed by atoms with Crippen LogP contribution in [-0.2, 0) is 13.0 Å². The van der Waals surface area contributed by atoms with E-state index >= 15 is 0 Å². The van der Waals surface area contributed by atoms with Crippen molar-refractivity contribution in [3.8, 4) is 5.75 Å². The van der Waals surface area contributed by atoms with E-state index in [-0.39, 0.29) is 0 Å². The van der Waals surface area contributed by atoms with Gasteiger partial charge >= 0.3 is 0 Å². The molecule has 0 radical (unpaired) electrons. The first-order valence-electron chi connectivity index (χ1n) is 8.20. The van der Waals surface area contributed by atoms with E-state index in [4.69, 9.17) is 15.5 Å². The Kier molecular flexibility index (Phi) is 4.81. The SMILES string of the molecule is CCCc1nc2ccccc2n1CCCOc1cccc(N)c1. The summed E-state index contributed by atoms with van der Waals surface area (Å²) in [6.07, 6.45) is 3.04. The number of benzene rings is 2. The smallest absolute Gasteiger partial charge is 0.121 e. The first-order chi connectivity index (χ1) is 11.3. The van der Waals surface area contributed by atoms with E-state index in [0.717, 1.165) is 48.6 Å². The summed E-state index contributed by atoms with van der Waals surface area (Å²) >= 11 is 0. The molecule has 2 N–H and O–H groups in total. The zero-order valence-electron chi connectivity index (χ0n) is 13.5. The lowest BCUT2D eigenvalue weighted by Crippen LogP contribution is -2.08. The molecule has 1 aromatic heterocycles. The van der Waals surface area contributed by atoms with Crippen molar-refractivity contribution in [3.05, 3.63) is 54.4 Å². The van der Waals surface area contributed by atoms with Gasteiger partial charge in [0.1, 0.15) is 11.6 Å². The highest BCUT2D eigenvalue weighted by atomic mass is 16.5. The van der Waals surface area contributed by atoms with Crippen molar-refractivity contribution in [3.63, 3.8) is 0 Å². The minimum Gasteiger partial charge on any atom is -0.493 e. The second-order valence-corrected chi connectivity index (χ2v) is 5.69. The van der Waals surface area contributed by atoms with E-state index in [0.29, 0.717) is 6.61 Å². The molecule has 0 saturated carbocycles. The van der Waals surface area contributed by atoms with Gasteiger partial charge in [0.15, 0.2) is 0 Å². The molecule has 0 amide bonds. The number of imidazole rings is 1. The lowest BCUT2D eigenvalue weighted by molar-refractivity contribution is 0.302. The third-order valence-corrected chi connectivity index (χ3v) is 3.86. The molecule has 4 nitrogen and oxygen atoms in total. The topological polar surface area (TPSA) is 53.1 Å². The number of ether oxygens (including phenoxy) is 1. The van der Waals surface area contributed by atoms with Crippen LogP contribution in [0.25, 0.3) is 11.0 Å². The van der Waals surface area contributed by atoms with Crippen LogP contribution in [0, 0.1) is 0 Å². The third kappa shape index (κ3) is 3.65. The predicted molar refractivity (Wildman–Crippen MR) is 94.7 cm³/mol. The molecule has 23 heavy (non-hydrogen) atoms. The Hall–Kier alpha value is -2.49. The number of aromatic nitrogens is 2. The van der Waals surface area contributed by atoms with Crippen LogP contribution in [0.5, 0.6) is 5.75 Å². The van der Waals surface area contributed by atoms with Crippen molar-refractivity contribution in [2.45, 2.75) is 32.7 Å². The lowest BCUT2D eigenvalue weighted by atomic mass is 10.3. The Balaban J connectivity index is 1.65. The van der Waals surface area contributed by atoms with Gasteiger partial charge in [0.25, 0.3) is 0 Å². The minimum atomic E-state index is 0.668. The maximum Gasteiger partial charge on any atom is 0.121 e. The highest BCUT2D eigenvalue weighted by Crippen LogP contribution is 2.18. The monoisotopic (exact) mass is 309 g/mol. The zero-order valence-corrected chi connectivity index (χ0v) is 13.5. The minimum absolute atomic E-state index is 0.668. The number of hydrogen-bond acceptors (Lipinski definition) is 3. The van der Waals surface area contributed by atoms with Crippen molar-refractivity contribution < 1.29 is 4.74 Å². The molecule has 1 heterocycles. The molecular formula is C19H23N3O. The second kappa shape index (κ2) is 7.18. The van der Waals surface area contributed by atoms with Gasteiger partial charge in [0, 0.05) is 24.7 Å². The van der Waals surface area contributed by atoms with Crippen molar-refractivity contribution in [1.82, 2.24) is 9.55 Å². The fourth-order valence-electron chi connectivity index (χ4n) is 2.81. The summed E-state index contributed by atoms with van der Waals surface area (Å²) in [5.74, 6) is 1.99. The number of nitrogen functional groups attached to an aromatic ring is 1. The van der Waals surface area contributed by atoms with Crippen molar-refractivity contribution in [1.29, 1.82) is 0 Å². The largest absolute Gasteiger partial charge is 0.493 e. The Morgan fingerprint density at radius 2 is 2.00 bits per heavy atom. The zero-order chi connectivity index (χ0) is 16.1. The summed E-state index contributed by atoms with van der Waals surface area (Å²) < 4.78 is 8.10. The fourth-order valence-corrected chi connectivity index (χ4v) is 2.81. The van der Waals surface area contributed by atoms with Crippen LogP contribution in [-0.4, -0.2) is 16.2 Å². The normalized spacial score (nSPS) is 11.0. The van der Waals surface area contributed by atoms with Crippen molar-refractivity contribution in [2.75, 3.05) is 12.3 Å². The van der Waals surface area contributed by atoms with Crippen molar-refractivity contribution in [2.24, 2.45) is 0 Å². The molecule has 3 aromatic rings. The summed E-state index contributed by atoms with van der Waals surface area (Å²) in [4.78, 5) is 4.76. The van der Waals surface area contributed by atoms with Gasteiger partial charge in [-0.3, -0.25) is 0 Å². The van der Waals surface area contributed by atoms with Crippen LogP contribution in [0.1, 0.15) is 25.6 Å². The van der Waals surface area contributed by atoms with E-state index in [1.165, 1.54) is 5.52 Å². The summed E-state index contributed by atoms with van der Waals surface area (Å²) in [7, 11) is 0. The first kappa shape index (κ1) is 15.4. The molecule has 0 fully saturated rings. The molecule has 0 aliphatic carbocycles. The number of nitrogens with two attached hydrogens (primary N) is 1. The number of fused-ring (bicyclic) bond motifs is 1. The molecule has 3 rings (SSSR count). The fraction of sp³-hybridized carbons (Fsp3) is 0.316. The van der Waals surface area contributed by atoms with E-state index in [1.54, 1.807) is 0 Å². The Labute approximate surface area is 136 Å². The molecule has 0 saturated heterocycles. The first-order valence-corrected chi connectivity index (χ1v) is 8.20. The standard InChI is InChI=1S/C19H23N3O/c1-2-7-19-21-17-10-3-4-11-18(17)22(19)12-6-13-23-16-9-5-8-15(20)14-16/h3-5,8-11,14H,2,6-7,12-13,20H2,1H3. The summed E-state index contributed by atoms with van der Waals surface area (Å²) in [6, 6.07) is 15.9. The van der Waals surface area contributed by atoms with E-state index < -0.39 is 0 Å². The molecular weight excluding hydrogens is 286 g/mol. The van der Waals surface area contributed by atoms with Gasteiger partial charge in [-0.1, -0.05) is 25.1 Å². The molecule has 0 unspecified atom stereocenters. The average molecular weight is 309 g/mol. The van der Waals surface area contributed by atoms with Gasteiger partial charge < -0.3 is 15.0 Å². The van der Waals surface area contributed by atoms with E-state index in [1.807, 2.05) is 30.3 Å². The number of rotatable bonds is 7. The second-order valence-electron chi connectivity index (χ2n) is 5.69. The van der Waals surface area contributed by atoms with Gasteiger partial charge in [0.05, 0.1) is 17.6 Å². The number of para-hydroxylation sites is 2. The summed E-state index contributed by atoms with van der Waals surface area (Å²) in [6.45, 7) is 3.77. The Morgan fingerprint density at radius 3 is 2.83 bits per heavy atom. The summed E-state index contributed by atoms with van der Waals surface area (Å²) in [5.41, 5.74) is 8.78. The van der Waals surface area contributed by atoms with Crippen LogP contribution in [0.3, 0.4) is 0 Å². The lowest BCUT2D eigenvalue weighted by Gasteiger charge is -2.10. The maximum absolute atomic E-state index is 5.78. The quantitative estimate of drug-likeness (QED) is 0.529. The average Bonchev–Trinajstić information content (AvgIpc) is 2.90.